The van der Waals surface area contributed by atoms with Crippen LogP contribution in [0.3, 0.4) is 0 Å². The van der Waals surface area contributed by atoms with E-state index in [9.17, 15) is 4.39 Å². The minimum atomic E-state index is -0.347. The van der Waals surface area contributed by atoms with Crippen LogP contribution in [-0.4, -0.2) is 5.88 Å². The topological polar surface area (TPSA) is 26.0 Å². The highest BCUT2D eigenvalue weighted by Crippen LogP contribution is 2.11. The third-order valence-corrected chi connectivity index (χ3v) is 1.65. The number of benzene rings is 1. The molecule has 0 amide bonds. The van der Waals surface area contributed by atoms with Crippen molar-refractivity contribution in [3.8, 4) is 11.8 Å². The molecule has 1 aromatic rings. The van der Waals surface area contributed by atoms with Crippen LogP contribution in [0.5, 0.6) is 0 Å². The molecule has 0 aliphatic rings. The second-order valence-corrected chi connectivity index (χ2v) is 2.85. The molecule has 1 aromatic carbocycles. The smallest absolute Gasteiger partial charge is 0.125 e. The summed E-state index contributed by atoms with van der Waals surface area (Å²) in [6.07, 6.45) is 0.609. The van der Waals surface area contributed by atoms with Gasteiger partial charge < -0.3 is 5.73 Å². The Kier molecular flexibility index (Phi) is 3.60. The number of alkyl halides is 1. The molecule has 1 rings (SSSR count). The lowest BCUT2D eigenvalue weighted by Gasteiger charge is -1.96. The van der Waals surface area contributed by atoms with Crippen LogP contribution in [-0.2, 0) is 0 Å². The molecule has 0 heterocycles. The van der Waals surface area contributed by atoms with Crippen molar-refractivity contribution in [2.45, 2.75) is 6.42 Å². The summed E-state index contributed by atoms with van der Waals surface area (Å²) in [7, 11) is 0. The van der Waals surface area contributed by atoms with Crippen molar-refractivity contribution in [1.29, 1.82) is 0 Å². The summed E-state index contributed by atoms with van der Waals surface area (Å²) in [4.78, 5) is 0. The lowest BCUT2D eigenvalue weighted by Crippen LogP contribution is -1.90. The molecule has 3 heteroatoms. The summed E-state index contributed by atoms with van der Waals surface area (Å²) in [5, 5.41) is 0. The maximum absolute atomic E-state index is 12.6. The summed E-state index contributed by atoms with van der Waals surface area (Å²) >= 11 is 5.44. The van der Waals surface area contributed by atoms with E-state index < -0.39 is 0 Å². The second-order valence-electron chi connectivity index (χ2n) is 2.47. The zero-order chi connectivity index (χ0) is 9.68. The highest BCUT2D eigenvalue weighted by molar-refractivity contribution is 6.18. The molecule has 0 saturated carbocycles. The molecule has 0 atom stereocenters. The number of anilines is 1. The normalized spacial score (nSPS) is 9.08. The van der Waals surface area contributed by atoms with Crippen molar-refractivity contribution in [2.75, 3.05) is 11.6 Å². The van der Waals surface area contributed by atoms with Gasteiger partial charge in [0.15, 0.2) is 0 Å². The van der Waals surface area contributed by atoms with Gasteiger partial charge in [0.2, 0.25) is 0 Å². The van der Waals surface area contributed by atoms with Crippen LogP contribution < -0.4 is 5.73 Å². The van der Waals surface area contributed by atoms with Gasteiger partial charge in [-0.3, -0.25) is 0 Å². The number of nitrogens with two attached hydrogens (primary N) is 1. The maximum atomic E-state index is 12.6. The van der Waals surface area contributed by atoms with Gasteiger partial charge >= 0.3 is 0 Å². The summed E-state index contributed by atoms with van der Waals surface area (Å²) in [5.74, 6) is 5.79. The molecule has 0 aliphatic heterocycles. The maximum Gasteiger partial charge on any atom is 0.125 e. The van der Waals surface area contributed by atoms with E-state index in [4.69, 9.17) is 17.3 Å². The third kappa shape index (κ3) is 2.96. The second kappa shape index (κ2) is 4.74. The molecule has 0 fully saturated rings. The number of nitrogen functional groups attached to an aromatic ring is 1. The summed E-state index contributed by atoms with van der Waals surface area (Å²) in [5.41, 5.74) is 6.54. The van der Waals surface area contributed by atoms with E-state index in [-0.39, 0.29) is 5.82 Å². The van der Waals surface area contributed by atoms with Crippen LogP contribution in [0.4, 0.5) is 10.1 Å². The summed E-state index contributed by atoms with van der Waals surface area (Å²) in [6.45, 7) is 0. The minimum absolute atomic E-state index is 0.347. The zero-order valence-corrected chi connectivity index (χ0v) is 7.74. The molecule has 1 nitrogen and oxygen atoms in total. The van der Waals surface area contributed by atoms with Gasteiger partial charge in [-0.05, 0) is 18.2 Å². The van der Waals surface area contributed by atoms with Crippen molar-refractivity contribution in [1.82, 2.24) is 0 Å². The van der Waals surface area contributed by atoms with Crippen molar-refractivity contribution in [3.63, 3.8) is 0 Å². The first-order valence-corrected chi connectivity index (χ1v) is 4.37. The standard InChI is InChI=1S/C10H9ClFN/c11-6-2-1-3-8-4-5-9(12)7-10(8)13/h4-5,7H,2,6,13H2. The molecule has 0 bridgehead atoms. The van der Waals surface area contributed by atoms with Gasteiger partial charge in [-0.15, -0.1) is 11.6 Å². The first-order valence-electron chi connectivity index (χ1n) is 3.84. The molecule has 2 N–H and O–H groups in total. The van der Waals surface area contributed by atoms with E-state index in [0.29, 0.717) is 23.6 Å². The Morgan fingerprint density at radius 3 is 2.85 bits per heavy atom. The molecule has 0 spiro atoms. The fourth-order valence-electron chi connectivity index (χ4n) is 0.852. The molecule has 0 aliphatic carbocycles. The Labute approximate surface area is 81.7 Å². The average Bonchev–Trinajstić information content (AvgIpc) is 2.09. The quantitative estimate of drug-likeness (QED) is 0.418. The predicted molar refractivity (Wildman–Crippen MR) is 53.0 cm³/mol. The van der Waals surface area contributed by atoms with E-state index in [2.05, 4.69) is 11.8 Å². The monoisotopic (exact) mass is 197 g/mol. The molecule has 0 radical (unpaired) electrons. The largest absolute Gasteiger partial charge is 0.398 e. The Bertz CT molecular complexity index is 352. The number of hydrogen-bond donors (Lipinski definition) is 1. The SMILES string of the molecule is Nc1cc(F)ccc1C#CCCCl. The van der Waals surface area contributed by atoms with Crippen LogP contribution in [0.15, 0.2) is 18.2 Å². The first kappa shape index (κ1) is 9.88. The lowest BCUT2D eigenvalue weighted by molar-refractivity contribution is 0.628. The molecule has 0 saturated heterocycles. The van der Waals surface area contributed by atoms with E-state index in [1.54, 1.807) is 6.07 Å². The Hall–Kier alpha value is -1.20. The van der Waals surface area contributed by atoms with Gasteiger partial charge in [0.25, 0.3) is 0 Å². The zero-order valence-electron chi connectivity index (χ0n) is 6.98. The Balaban J connectivity index is 2.85. The highest BCUT2D eigenvalue weighted by atomic mass is 35.5. The number of halogens is 2. The van der Waals surface area contributed by atoms with Gasteiger partial charge in [0.1, 0.15) is 5.82 Å². The van der Waals surface area contributed by atoms with Crippen LogP contribution in [0, 0.1) is 17.7 Å². The van der Waals surface area contributed by atoms with Crippen molar-refractivity contribution in [3.05, 3.63) is 29.6 Å². The Morgan fingerprint density at radius 2 is 2.23 bits per heavy atom. The van der Waals surface area contributed by atoms with E-state index >= 15 is 0 Å². The fourth-order valence-corrected chi connectivity index (χ4v) is 0.947. The summed E-state index contributed by atoms with van der Waals surface area (Å²) in [6, 6.07) is 4.15. The summed E-state index contributed by atoms with van der Waals surface area (Å²) < 4.78 is 12.6. The molecule has 68 valence electrons. The Morgan fingerprint density at radius 1 is 1.46 bits per heavy atom. The highest BCUT2D eigenvalue weighted by Gasteiger charge is 1.96. The van der Waals surface area contributed by atoms with E-state index in [1.165, 1.54) is 12.1 Å². The van der Waals surface area contributed by atoms with Crippen LogP contribution in [0.25, 0.3) is 0 Å². The van der Waals surface area contributed by atoms with Gasteiger partial charge in [-0.2, -0.15) is 0 Å². The van der Waals surface area contributed by atoms with Crippen molar-refractivity contribution in [2.24, 2.45) is 0 Å². The minimum Gasteiger partial charge on any atom is -0.398 e. The molecular formula is C10H9ClFN. The van der Waals surface area contributed by atoms with E-state index in [1.807, 2.05) is 0 Å². The fraction of sp³-hybridized carbons (Fsp3) is 0.200. The van der Waals surface area contributed by atoms with Gasteiger partial charge in [0.05, 0.1) is 5.69 Å². The van der Waals surface area contributed by atoms with Crippen LogP contribution in [0.1, 0.15) is 12.0 Å². The van der Waals surface area contributed by atoms with E-state index in [0.717, 1.165) is 0 Å². The number of rotatable bonds is 1. The lowest BCUT2D eigenvalue weighted by atomic mass is 10.2. The first-order chi connectivity index (χ1) is 6.24. The van der Waals surface area contributed by atoms with Crippen molar-refractivity contribution >= 4 is 17.3 Å². The van der Waals surface area contributed by atoms with Crippen LogP contribution in [0.2, 0.25) is 0 Å². The molecule has 0 unspecified atom stereocenters. The average molecular weight is 198 g/mol. The molecular weight excluding hydrogens is 189 g/mol. The van der Waals surface area contributed by atoms with Gasteiger partial charge in [0, 0.05) is 17.9 Å². The number of hydrogen-bond acceptors (Lipinski definition) is 1. The van der Waals surface area contributed by atoms with Gasteiger partial charge in [-0.25, -0.2) is 4.39 Å². The molecule has 13 heavy (non-hydrogen) atoms. The van der Waals surface area contributed by atoms with Crippen LogP contribution >= 0.6 is 11.6 Å². The van der Waals surface area contributed by atoms with Crippen molar-refractivity contribution < 1.29 is 4.39 Å². The van der Waals surface area contributed by atoms with Gasteiger partial charge in [-0.1, -0.05) is 11.8 Å². The third-order valence-electron chi connectivity index (χ3n) is 1.46. The molecule has 0 aromatic heterocycles. The predicted octanol–water partition coefficient (Wildman–Crippen LogP) is 2.39.